The number of piperidine rings is 1. The minimum Gasteiger partial charge on any atom is -0.355 e. The summed E-state index contributed by atoms with van der Waals surface area (Å²) in [6.07, 6.45) is 2.80. The molecule has 1 N–H and O–H groups in total. The molecule has 0 radical (unpaired) electrons. The molecule has 94 valence electrons. The van der Waals surface area contributed by atoms with Crippen LogP contribution in [0.5, 0.6) is 0 Å². The quantitative estimate of drug-likeness (QED) is 0.731. The van der Waals surface area contributed by atoms with Crippen LogP contribution in [0.3, 0.4) is 0 Å². The Bertz CT molecular complexity index is 337. The second-order valence-electron chi connectivity index (χ2n) is 4.04. The van der Waals surface area contributed by atoms with Crippen molar-refractivity contribution in [2.45, 2.75) is 12.8 Å². The van der Waals surface area contributed by atoms with Crippen molar-refractivity contribution in [2.75, 3.05) is 31.8 Å². The lowest BCUT2D eigenvalue weighted by atomic mass is 9.98. The maximum absolute atomic E-state index is 11.2. The first-order valence-electron chi connectivity index (χ1n) is 5.21. The Morgan fingerprint density at radius 1 is 1.44 bits per heavy atom. The predicted octanol–water partition coefficient (Wildman–Crippen LogP) is 0.0130. The molecule has 0 aromatic rings. The average Bonchev–Trinajstić information content (AvgIpc) is 2.25. The van der Waals surface area contributed by atoms with Gasteiger partial charge in [0.25, 0.3) is 0 Å². The van der Waals surface area contributed by atoms with Crippen LogP contribution in [-0.2, 0) is 14.8 Å². The molecule has 1 aliphatic heterocycles. The van der Waals surface area contributed by atoms with Gasteiger partial charge in [-0.15, -0.1) is 11.6 Å². The van der Waals surface area contributed by atoms with Crippen LogP contribution < -0.4 is 5.32 Å². The molecule has 5 nitrogen and oxygen atoms in total. The first-order chi connectivity index (χ1) is 7.43. The standard InChI is InChI=1S/C9H17ClN2O3S/c1-16(14,15)12-4-2-8(3-5-12)7-11-9(13)6-10/h8H,2-7H2,1H3,(H,11,13). The van der Waals surface area contributed by atoms with Crippen LogP contribution >= 0.6 is 11.6 Å². The molecule has 7 heteroatoms. The summed E-state index contributed by atoms with van der Waals surface area (Å²) in [6.45, 7) is 1.67. The van der Waals surface area contributed by atoms with Gasteiger partial charge in [0, 0.05) is 19.6 Å². The highest BCUT2D eigenvalue weighted by Gasteiger charge is 2.24. The van der Waals surface area contributed by atoms with Gasteiger partial charge >= 0.3 is 0 Å². The SMILES string of the molecule is CS(=O)(=O)N1CCC(CNC(=O)CCl)CC1. The molecule has 0 saturated carbocycles. The number of nitrogens with one attached hydrogen (secondary N) is 1. The molecule has 1 amide bonds. The summed E-state index contributed by atoms with van der Waals surface area (Å²) in [4.78, 5) is 10.9. The molecular formula is C9H17ClN2O3S. The molecule has 1 fully saturated rings. The zero-order valence-corrected chi connectivity index (χ0v) is 10.9. The third-order valence-electron chi connectivity index (χ3n) is 2.75. The van der Waals surface area contributed by atoms with E-state index in [1.165, 1.54) is 10.6 Å². The van der Waals surface area contributed by atoms with E-state index in [0.717, 1.165) is 12.8 Å². The fraction of sp³-hybridized carbons (Fsp3) is 0.889. The number of sulfonamides is 1. The number of hydrogen-bond acceptors (Lipinski definition) is 3. The van der Waals surface area contributed by atoms with Crippen LogP contribution in [0.2, 0.25) is 0 Å². The van der Waals surface area contributed by atoms with Gasteiger partial charge in [-0.2, -0.15) is 0 Å². The number of rotatable bonds is 4. The molecule has 0 aromatic heterocycles. The number of carbonyl (C=O) groups is 1. The predicted molar refractivity (Wildman–Crippen MR) is 62.9 cm³/mol. The number of alkyl halides is 1. The first kappa shape index (κ1) is 13.7. The Kier molecular flexibility index (Phi) is 5.01. The molecule has 1 saturated heterocycles. The van der Waals surface area contributed by atoms with Gasteiger partial charge in [0.1, 0.15) is 5.88 Å². The Balaban J connectivity index is 2.30. The molecule has 1 heterocycles. The zero-order chi connectivity index (χ0) is 12.2. The van der Waals surface area contributed by atoms with Crippen molar-refractivity contribution in [2.24, 2.45) is 5.92 Å². The molecule has 0 atom stereocenters. The van der Waals surface area contributed by atoms with Gasteiger partial charge in [-0.25, -0.2) is 12.7 Å². The van der Waals surface area contributed by atoms with Gasteiger partial charge in [-0.1, -0.05) is 0 Å². The van der Waals surface area contributed by atoms with Gasteiger partial charge in [0.2, 0.25) is 15.9 Å². The van der Waals surface area contributed by atoms with E-state index in [0.29, 0.717) is 25.6 Å². The summed E-state index contributed by atoms with van der Waals surface area (Å²) >= 11 is 5.35. The van der Waals surface area contributed by atoms with E-state index in [1.807, 2.05) is 0 Å². The second-order valence-corrected chi connectivity index (χ2v) is 6.29. The largest absolute Gasteiger partial charge is 0.355 e. The van der Waals surface area contributed by atoms with E-state index in [2.05, 4.69) is 5.32 Å². The van der Waals surface area contributed by atoms with E-state index in [9.17, 15) is 13.2 Å². The summed E-state index contributed by atoms with van der Waals surface area (Å²) in [5, 5.41) is 2.72. The Morgan fingerprint density at radius 2 is 2.00 bits per heavy atom. The van der Waals surface area contributed by atoms with Crippen LogP contribution in [0.15, 0.2) is 0 Å². The fourth-order valence-electron chi connectivity index (χ4n) is 1.75. The minimum absolute atomic E-state index is 0.0256. The summed E-state index contributed by atoms with van der Waals surface area (Å²) in [7, 11) is -3.06. The van der Waals surface area contributed by atoms with Gasteiger partial charge in [-0.3, -0.25) is 4.79 Å². The Hall–Kier alpha value is -0.330. The van der Waals surface area contributed by atoms with Crippen molar-refractivity contribution in [1.82, 2.24) is 9.62 Å². The smallest absolute Gasteiger partial charge is 0.234 e. The minimum atomic E-state index is -3.06. The molecule has 0 aliphatic carbocycles. The highest BCUT2D eigenvalue weighted by molar-refractivity contribution is 7.88. The molecule has 0 aromatic carbocycles. The normalized spacial score (nSPS) is 19.6. The van der Waals surface area contributed by atoms with Crippen molar-refractivity contribution in [3.63, 3.8) is 0 Å². The Morgan fingerprint density at radius 3 is 2.44 bits per heavy atom. The highest BCUT2D eigenvalue weighted by Crippen LogP contribution is 2.18. The first-order valence-corrected chi connectivity index (χ1v) is 7.59. The van der Waals surface area contributed by atoms with Crippen molar-refractivity contribution < 1.29 is 13.2 Å². The Labute approximate surface area is 101 Å². The number of halogens is 1. The monoisotopic (exact) mass is 268 g/mol. The lowest BCUT2D eigenvalue weighted by molar-refractivity contribution is -0.118. The van der Waals surface area contributed by atoms with Crippen LogP contribution in [0, 0.1) is 5.92 Å². The van der Waals surface area contributed by atoms with Gasteiger partial charge in [0.05, 0.1) is 6.26 Å². The van der Waals surface area contributed by atoms with Gasteiger partial charge in [-0.05, 0) is 18.8 Å². The molecule has 0 bridgehead atoms. The maximum Gasteiger partial charge on any atom is 0.234 e. The summed E-state index contributed by atoms with van der Waals surface area (Å²) in [5.74, 6) is 0.153. The van der Waals surface area contributed by atoms with Crippen molar-refractivity contribution in [1.29, 1.82) is 0 Å². The number of nitrogens with zero attached hydrogens (tertiary/aromatic N) is 1. The van der Waals surface area contributed by atoms with Crippen LogP contribution in [-0.4, -0.2) is 50.4 Å². The van der Waals surface area contributed by atoms with E-state index >= 15 is 0 Å². The number of carbonyl (C=O) groups excluding carboxylic acids is 1. The third-order valence-corrected chi connectivity index (χ3v) is 4.30. The molecule has 1 aliphatic rings. The summed E-state index contributed by atoms with van der Waals surface area (Å²) in [5.41, 5.74) is 0. The van der Waals surface area contributed by atoms with Gasteiger partial charge in [0.15, 0.2) is 0 Å². The maximum atomic E-state index is 11.2. The fourth-order valence-corrected chi connectivity index (χ4v) is 2.72. The van der Waals surface area contributed by atoms with Crippen LogP contribution in [0.4, 0.5) is 0 Å². The van der Waals surface area contributed by atoms with Crippen LogP contribution in [0.1, 0.15) is 12.8 Å². The van der Waals surface area contributed by atoms with Crippen LogP contribution in [0.25, 0.3) is 0 Å². The van der Waals surface area contributed by atoms with E-state index in [4.69, 9.17) is 11.6 Å². The zero-order valence-electron chi connectivity index (χ0n) is 9.28. The number of hydrogen-bond donors (Lipinski definition) is 1. The molecule has 0 spiro atoms. The molecule has 16 heavy (non-hydrogen) atoms. The van der Waals surface area contributed by atoms with E-state index in [1.54, 1.807) is 0 Å². The summed E-state index contributed by atoms with van der Waals surface area (Å²) < 4.78 is 24.0. The van der Waals surface area contributed by atoms with Gasteiger partial charge < -0.3 is 5.32 Å². The molecular weight excluding hydrogens is 252 g/mol. The van der Waals surface area contributed by atoms with Crippen molar-refractivity contribution >= 4 is 27.5 Å². The lowest BCUT2D eigenvalue weighted by Crippen LogP contribution is -2.41. The topological polar surface area (TPSA) is 66.5 Å². The van der Waals surface area contributed by atoms with Crippen molar-refractivity contribution in [3.8, 4) is 0 Å². The average molecular weight is 269 g/mol. The molecule has 0 unspecified atom stereocenters. The second kappa shape index (κ2) is 5.84. The highest BCUT2D eigenvalue weighted by atomic mass is 35.5. The summed E-state index contributed by atoms with van der Waals surface area (Å²) in [6, 6.07) is 0. The lowest BCUT2D eigenvalue weighted by Gasteiger charge is -2.30. The number of amides is 1. The van der Waals surface area contributed by atoms with Crippen molar-refractivity contribution in [3.05, 3.63) is 0 Å². The van der Waals surface area contributed by atoms with E-state index < -0.39 is 10.0 Å². The molecule has 1 rings (SSSR count). The third kappa shape index (κ3) is 4.27. The van der Waals surface area contributed by atoms with E-state index in [-0.39, 0.29) is 11.8 Å².